The van der Waals surface area contributed by atoms with Gasteiger partial charge in [-0.3, -0.25) is 9.69 Å². The summed E-state index contributed by atoms with van der Waals surface area (Å²) in [7, 11) is -2.69. The molecule has 0 aliphatic carbocycles. The zero-order chi connectivity index (χ0) is 19.4. The molecule has 3 N–H and O–H groups in total. The molecule has 146 valence electrons. The van der Waals surface area contributed by atoms with E-state index in [2.05, 4.69) is 10.6 Å². The maximum atomic E-state index is 13.3. The minimum atomic E-state index is -4.55. The average molecular weight is 394 g/mol. The van der Waals surface area contributed by atoms with Crippen LogP contribution in [0.5, 0.6) is 0 Å². The van der Waals surface area contributed by atoms with Gasteiger partial charge in [0.15, 0.2) is 0 Å². The lowest BCUT2D eigenvalue weighted by molar-refractivity contribution is -0.182. The molecule has 1 heterocycles. The van der Waals surface area contributed by atoms with Crippen molar-refractivity contribution >= 4 is 15.9 Å². The number of carbonyl (C=O) groups excluding carboxylic acids is 1. The van der Waals surface area contributed by atoms with Crippen LogP contribution in [0.15, 0.2) is 29.2 Å². The quantitative estimate of drug-likeness (QED) is 0.640. The van der Waals surface area contributed by atoms with Gasteiger partial charge in [0, 0.05) is 45.3 Å². The van der Waals surface area contributed by atoms with Crippen LogP contribution >= 0.6 is 0 Å². The molecule has 0 radical (unpaired) electrons. The van der Waals surface area contributed by atoms with E-state index in [1.807, 2.05) is 4.72 Å². The molecule has 26 heavy (non-hydrogen) atoms. The summed E-state index contributed by atoms with van der Waals surface area (Å²) in [4.78, 5) is 12.5. The third-order valence-electron chi connectivity index (χ3n) is 4.09. The van der Waals surface area contributed by atoms with Gasteiger partial charge in [0.1, 0.15) is 6.04 Å². The lowest BCUT2D eigenvalue weighted by atomic mass is 10.2. The zero-order valence-corrected chi connectivity index (χ0v) is 15.0. The van der Waals surface area contributed by atoms with Crippen molar-refractivity contribution in [3.63, 3.8) is 0 Å². The Balaban J connectivity index is 2.10. The van der Waals surface area contributed by atoms with Crippen molar-refractivity contribution in [3.05, 3.63) is 29.8 Å². The maximum Gasteiger partial charge on any atom is 0.405 e. The monoisotopic (exact) mass is 394 g/mol. The van der Waals surface area contributed by atoms with Gasteiger partial charge >= 0.3 is 6.18 Å². The highest BCUT2D eigenvalue weighted by molar-refractivity contribution is 7.89. The van der Waals surface area contributed by atoms with Crippen LogP contribution in [0.25, 0.3) is 0 Å². The van der Waals surface area contributed by atoms with Gasteiger partial charge in [0.05, 0.1) is 4.90 Å². The molecule has 0 bridgehead atoms. The van der Waals surface area contributed by atoms with Crippen molar-refractivity contribution in [2.75, 3.05) is 39.8 Å². The number of nitrogens with zero attached hydrogens (tertiary/aromatic N) is 1. The van der Waals surface area contributed by atoms with Crippen LogP contribution < -0.4 is 15.4 Å². The number of amides is 1. The van der Waals surface area contributed by atoms with Gasteiger partial charge < -0.3 is 10.6 Å². The summed E-state index contributed by atoms with van der Waals surface area (Å²) in [6.07, 6.45) is -4.55. The summed E-state index contributed by atoms with van der Waals surface area (Å²) in [6, 6.07) is 3.06. The van der Waals surface area contributed by atoms with Crippen molar-refractivity contribution in [2.24, 2.45) is 0 Å². The predicted octanol–water partition coefficient (Wildman–Crippen LogP) is 0.161. The summed E-state index contributed by atoms with van der Waals surface area (Å²) in [5.74, 6) is -0.391. The van der Waals surface area contributed by atoms with Gasteiger partial charge in [0.25, 0.3) is 5.91 Å². The van der Waals surface area contributed by atoms with Crippen LogP contribution in [0.4, 0.5) is 13.2 Å². The Morgan fingerprint density at radius 1 is 1.23 bits per heavy atom. The molecule has 7 nitrogen and oxygen atoms in total. The molecule has 0 aromatic heterocycles. The van der Waals surface area contributed by atoms with E-state index in [1.165, 1.54) is 36.2 Å². The molecule has 0 spiro atoms. The number of halogens is 3. The number of carbonyl (C=O) groups is 1. The highest BCUT2D eigenvalue weighted by atomic mass is 32.2. The van der Waals surface area contributed by atoms with Gasteiger partial charge in [-0.1, -0.05) is 0 Å². The lowest BCUT2D eigenvalue weighted by Crippen LogP contribution is -2.57. The Kier molecular flexibility index (Phi) is 6.61. The average Bonchev–Trinajstić information content (AvgIpc) is 2.61. The van der Waals surface area contributed by atoms with E-state index < -0.39 is 34.7 Å². The molecule has 1 aliphatic heterocycles. The van der Waals surface area contributed by atoms with Gasteiger partial charge in [-0.15, -0.1) is 0 Å². The number of nitrogens with one attached hydrogen (secondary N) is 3. The van der Waals surface area contributed by atoms with Crippen LogP contribution in [-0.2, 0) is 10.0 Å². The number of alkyl halides is 3. The lowest BCUT2D eigenvalue weighted by Gasteiger charge is -2.35. The molecule has 1 fully saturated rings. The summed E-state index contributed by atoms with van der Waals surface area (Å²) in [5.41, 5.74) is 0.250. The molecule has 1 aliphatic rings. The van der Waals surface area contributed by atoms with E-state index in [1.54, 1.807) is 0 Å². The molecule has 1 aromatic carbocycles. The second-order valence-electron chi connectivity index (χ2n) is 5.80. The molecular formula is C15H21F3N4O3S. The van der Waals surface area contributed by atoms with Crippen LogP contribution in [0.1, 0.15) is 10.4 Å². The van der Waals surface area contributed by atoms with Crippen molar-refractivity contribution < 1.29 is 26.4 Å². The molecule has 1 aromatic rings. The molecular weight excluding hydrogens is 373 g/mol. The first-order valence-electron chi connectivity index (χ1n) is 7.98. The van der Waals surface area contributed by atoms with Crippen molar-refractivity contribution in [2.45, 2.75) is 17.1 Å². The van der Waals surface area contributed by atoms with Gasteiger partial charge in [-0.05, 0) is 24.3 Å². The molecule has 1 amide bonds. The van der Waals surface area contributed by atoms with Crippen LogP contribution in [-0.4, -0.2) is 71.2 Å². The van der Waals surface area contributed by atoms with Crippen molar-refractivity contribution in [3.8, 4) is 0 Å². The first-order chi connectivity index (χ1) is 12.1. The first-order valence-corrected chi connectivity index (χ1v) is 9.47. The topological polar surface area (TPSA) is 90.5 Å². The highest BCUT2D eigenvalue weighted by Crippen LogP contribution is 2.25. The summed E-state index contributed by atoms with van der Waals surface area (Å²) in [5, 5.41) is 5.35. The van der Waals surface area contributed by atoms with E-state index in [0.717, 1.165) is 0 Å². The normalized spacial score (nSPS) is 17.7. The fraction of sp³-hybridized carbons (Fsp3) is 0.533. The van der Waals surface area contributed by atoms with Crippen molar-refractivity contribution in [1.29, 1.82) is 0 Å². The summed E-state index contributed by atoms with van der Waals surface area (Å²) in [6.45, 7) is 0.434. The number of hydrogen-bond acceptors (Lipinski definition) is 5. The Morgan fingerprint density at radius 2 is 1.81 bits per heavy atom. The minimum absolute atomic E-state index is 0.187. The second-order valence-corrected chi connectivity index (χ2v) is 7.57. The van der Waals surface area contributed by atoms with E-state index >= 15 is 0 Å². The molecule has 1 saturated heterocycles. The van der Waals surface area contributed by atoms with Crippen LogP contribution in [0, 0.1) is 0 Å². The SMILES string of the molecule is CNC(=O)c1ccc(S(=O)(=O)NCC(N2CCNCC2)C(F)(F)F)cc1. The Morgan fingerprint density at radius 3 is 2.31 bits per heavy atom. The standard InChI is InChI=1S/C15H21F3N4O3S/c1-19-14(23)11-2-4-12(5-3-11)26(24,25)21-10-13(15(16,17)18)22-8-6-20-7-9-22/h2-5,13,20-21H,6-10H2,1H3,(H,19,23). The minimum Gasteiger partial charge on any atom is -0.355 e. The third-order valence-corrected chi connectivity index (χ3v) is 5.53. The summed E-state index contributed by atoms with van der Waals surface area (Å²) < 4.78 is 66.6. The molecule has 11 heteroatoms. The number of hydrogen-bond donors (Lipinski definition) is 3. The van der Waals surface area contributed by atoms with E-state index in [0.29, 0.717) is 13.1 Å². The predicted molar refractivity (Wildman–Crippen MR) is 89.3 cm³/mol. The third kappa shape index (κ3) is 5.16. The number of piperazine rings is 1. The second kappa shape index (κ2) is 8.33. The van der Waals surface area contributed by atoms with E-state index in [-0.39, 0.29) is 23.5 Å². The van der Waals surface area contributed by atoms with Crippen LogP contribution in [0.2, 0.25) is 0 Å². The highest BCUT2D eigenvalue weighted by Gasteiger charge is 2.44. The fourth-order valence-electron chi connectivity index (χ4n) is 2.65. The van der Waals surface area contributed by atoms with Gasteiger partial charge in [-0.25, -0.2) is 13.1 Å². The number of benzene rings is 1. The Labute approximate surface area is 150 Å². The smallest absolute Gasteiger partial charge is 0.355 e. The first kappa shape index (κ1) is 20.6. The van der Waals surface area contributed by atoms with Crippen LogP contribution in [0.3, 0.4) is 0 Å². The van der Waals surface area contributed by atoms with E-state index in [4.69, 9.17) is 0 Å². The summed E-state index contributed by atoms with van der Waals surface area (Å²) >= 11 is 0. The fourth-order valence-corrected chi connectivity index (χ4v) is 3.69. The molecule has 1 atom stereocenters. The van der Waals surface area contributed by atoms with Gasteiger partial charge in [0.2, 0.25) is 10.0 Å². The number of rotatable bonds is 6. The number of sulfonamides is 1. The van der Waals surface area contributed by atoms with Gasteiger partial charge in [-0.2, -0.15) is 13.2 Å². The molecule has 2 rings (SSSR count). The Bertz CT molecular complexity index is 717. The molecule has 1 unspecified atom stereocenters. The largest absolute Gasteiger partial charge is 0.405 e. The van der Waals surface area contributed by atoms with Crippen molar-refractivity contribution in [1.82, 2.24) is 20.3 Å². The Hall–Kier alpha value is -1.69. The maximum absolute atomic E-state index is 13.3. The zero-order valence-electron chi connectivity index (χ0n) is 14.1. The molecule has 0 saturated carbocycles. The van der Waals surface area contributed by atoms with E-state index in [9.17, 15) is 26.4 Å².